The maximum Gasteiger partial charge on any atom is 0.0568 e. The van der Waals surface area contributed by atoms with Crippen LogP contribution in [-0.4, -0.2) is 11.2 Å². The summed E-state index contributed by atoms with van der Waals surface area (Å²) in [6.07, 6.45) is 6.94. The predicted octanol–water partition coefficient (Wildman–Crippen LogP) is 4.29. The van der Waals surface area contributed by atoms with Crippen LogP contribution in [0.4, 0.5) is 0 Å². The van der Waals surface area contributed by atoms with E-state index in [-0.39, 0.29) is 6.10 Å². The van der Waals surface area contributed by atoms with Crippen LogP contribution in [0.3, 0.4) is 0 Å². The number of hydrogen-bond donors (Lipinski definition) is 1. The van der Waals surface area contributed by atoms with Gasteiger partial charge in [0, 0.05) is 0 Å². The maximum atomic E-state index is 9.96. The van der Waals surface area contributed by atoms with Crippen LogP contribution in [0, 0.1) is 5.92 Å². The number of aliphatic hydroxyl groups is 1. The highest BCUT2D eigenvalue weighted by Gasteiger charge is 2.22. The fraction of sp³-hybridized carbons (Fsp3) is 0.647. The summed E-state index contributed by atoms with van der Waals surface area (Å²) in [5.41, 5.74) is 2.83. The molecule has 1 saturated carbocycles. The van der Waals surface area contributed by atoms with Crippen LogP contribution >= 0.6 is 0 Å². The van der Waals surface area contributed by atoms with Gasteiger partial charge >= 0.3 is 0 Å². The summed E-state index contributed by atoms with van der Waals surface area (Å²) >= 11 is 0. The Morgan fingerprint density at radius 1 is 1.11 bits per heavy atom. The Labute approximate surface area is 111 Å². The van der Waals surface area contributed by atoms with E-state index in [9.17, 15) is 5.11 Å². The Morgan fingerprint density at radius 3 is 2.39 bits per heavy atom. The van der Waals surface area contributed by atoms with Crippen molar-refractivity contribution in [3.63, 3.8) is 0 Å². The summed E-state index contributed by atoms with van der Waals surface area (Å²) in [5.74, 6) is 1.14. The smallest absolute Gasteiger partial charge is 0.0568 e. The molecule has 0 saturated heterocycles. The zero-order valence-corrected chi connectivity index (χ0v) is 11.7. The van der Waals surface area contributed by atoms with Gasteiger partial charge in [-0.05, 0) is 48.6 Å². The summed E-state index contributed by atoms with van der Waals surface area (Å²) in [6.45, 7) is 4.46. The molecule has 0 radical (unpaired) electrons. The molecule has 1 fully saturated rings. The first-order valence-corrected chi connectivity index (χ1v) is 7.43. The van der Waals surface area contributed by atoms with Gasteiger partial charge < -0.3 is 5.11 Å². The van der Waals surface area contributed by atoms with Crippen LogP contribution in [0.5, 0.6) is 0 Å². The van der Waals surface area contributed by atoms with Crippen molar-refractivity contribution in [2.75, 3.05) is 0 Å². The van der Waals surface area contributed by atoms with Crippen molar-refractivity contribution in [1.82, 2.24) is 0 Å². The quantitative estimate of drug-likeness (QED) is 0.840. The Bertz CT molecular complexity index is 352. The lowest BCUT2D eigenvalue weighted by molar-refractivity contribution is 0.0655. The molecule has 1 N–H and O–H groups in total. The van der Waals surface area contributed by atoms with Gasteiger partial charge in [-0.3, -0.25) is 0 Å². The third kappa shape index (κ3) is 3.58. The third-order valence-corrected chi connectivity index (χ3v) is 4.32. The van der Waals surface area contributed by atoms with Crippen molar-refractivity contribution in [1.29, 1.82) is 0 Å². The molecule has 0 bridgehead atoms. The molecule has 2 atom stereocenters. The van der Waals surface area contributed by atoms with Gasteiger partial charge in [0.1, 0.15) is 0 Å². The largest absolute Gasteiger partial charge is 0.393 e. The predicted molar refractivity (Wildman–Crippen MR) is 76.8 cm³/mol. The molecule has 0 heterocycles. The van der Waals surface area contributed by atoms with Crippen LogP contribution in [0.15, 0.2) is 24.3 Å². The molecule has 0 aliphatic heterocycles. The normalized spacial score (nSPS) is 24.4. The monoisotopic (exact) mass is 246 g/mol. The lowest BCUT2D eigenvalue weighted by Gasteiger charge is -2.27. The molecule has 0 amide bonds. The first kappa shape index (κ1) is 13.6. The van der Waals surface area contributed by atoms with Crippen LogP contribution in [-0.2, 0) is 6.42 Å². The lowest BCUT2D eigenvalue weighted by atomic mass is 9.83. The minimum absolute atomic E-state index is 0.0475. The molecule has 0 spiro atoms. The van der Waals surface area contributed by atoms with Gasteiger partial charge in [-0.2, -0.15) is 0 Å². The van der Waals surface area contributed by atoms with Crippen molar-refractivity contribution < 1.29 is 5.11 Å². The van der Waals surface area contributed by atoms with Crippen LogP contribution < -0.4 is 0 Å². The van der Waals surface area contributed by atoms with Gasteiger partial charge in [0.05, 0.1) is 6.10 Å². The van der Waals surface area contributed by atoms with Gasteiger partial charge in [-0.1, -0.05) is 51.0 Å². The standard InChI is InChI=1S/C17H26O/c1-13(2)15-10-7-14(8-11-15)9-12-16-5-3-4-6-17(16)18/h7-8,10-11,13,16-18H,3-6,9,12H2,1-2H3. The second-order valence-corrected chi connectivity index (χ2v) is 6.05. The molecular formula is C17H26O. The van der Waals surface area contributed by atoms with E-state index >= 15 is 0 Å². The van der Waals surface area contributed by atoms with Crippen molar-refractivity contribution in [3.8, 4) is 0 Å². The van der Waals surface area contributed by atoms with Crippen molar-refractivity contribution in [2.45, 2.75) is 64.4 Å². The summed E-state index contributed by atoms with van der Waals surface area (Å²) in [4.78, 5) is 0. The minimum atomic E-state index is -0.0475. The van der Waals surface area contributed by atoms with Gasteiger partial charge in [0.25, 0.3) is 0 Å². The van der Waals surface area contributed by atoms with Crippen LogP contribution in [0.1, 0.15) is 63.0 Å². The number of hydrogen-bond acceptors (Lipinski definition) is 1. The average Bonchev–Trinajstić information content (AvgIpc) is 2.38. The number of aliphatic hydroxyl groups excluding tert-OH is 1. The molecule has 100 valence electrons. The van der Waals surface area contributed by atoms with Crippen LogP contribution in [0.2, 0.25) is 0 Å². The molecule has 1 aromatic carbocycles. The number of benzene rings is 1. The van der Waals surface area contributed by atoms with E-state index in [4.69, 9.17) is 0 Å². The molecule has 1 aliphatic carbocycles. The summed E-state index contributed by atoms with van der Waals surface area (Å²) in [7, 11) is 0. The number of rotatable bonds is 4. The van der Waals surface area contributed by atoms with E-state index in [1.807, 2.05) is 0 Å². The fourth-order valence-corrected chi connectivity index (χ4v) is 2.95. The lowest BCUT2D eigenvalue weighted by Crippen LogP contribution is -2.24. The second kappa shape index (κ2) is 6.38. The topological polar surface area (TPSA) is 20.2 Å². The first-order chi connectivity index (χ1) is 8.66. The molecule has 1 aromatic rings. The molecule has 18 heavy (non-hydrogen) atoms. The third-order valence-electron chi connectivity index (χ3n) is 4.32. The van der Waals surface area contributed by atoms with E-state index in [0.29, 0.717) is 11.8 Å². The molecular weight excluding hydrogens is 220 g/mol. The summed E-state index contributed by atoms with van der Waals surface area (Å²) in [6, 6.07) is 9.00. The Balaban J connectivity index is 1.85. The van der Waals surface area contributed by atoms with E-state index in [2.05, 4.69) is 38.1 Å². The van der Waals surface area contributed by atoms with Gasteiger partial charge in [-0.15, -0.1) is 0 Å². The SMILES string of the molecule is CC(C)c1ccc(CCC2CCCCC2O)cc1. The van der Waals surface area contributed by atoms with E-state index in [1.165, 1.54) is 30.4 Å². The minimum Gasteiger partial charge on any atom is -0.393 e. The van der Waals surface area contributed by atoms with Gasteiger partial charge in [-0.25, -0.2) is 0 Å². The molecule has 2 unspecified atom stereocenters. The zero-order valence-electron chi connectivity index (χ0n) is 11.7. The van der Waals surface area contributed by atoms with Gasteiger partial charge in [0.2, 0.25) is 0 Å². The van der Waals surface area contributed by atoms with E-state index in [0.717, 1.165) is 19.3 Å². The highest BCUT2D eigenvalue weighted by atomic mass is 16.3. The Kier molecular flexibility index (Phi) is 4.82. The summed E-state index contributed by atoms with van der Waals surface area (Å²) < 4.78 is 0. The highest BCUT2D eigenvalue weighted by molar-refractivity contribution is 5.24. The second-order valence-electron chi connectivity index (χ2n) is 6.05. The van der Waals surface area contributed by atoms with Crippen molar-refractivity contribution in [2.24, 2.45) is 5.92 Å². The molecule has 1 aliphatic rings. The van der Waals surface area contributed by atoms with E-state index in [1.54, 1.807) is 0 Å². The van der Waals surface area contributed by atoms with Gasteiger partial charge in [0.15, 0.2) is 0 Å². The fourth-order valence-electron chi connectivity index (χ4n) is 2.95. The Morgan fingerprint density at radius 2 is 1.78 bits per heavy atom. The Hall–Kier alpha value is -0.820. The summed E-state index contributed by atoms with van der Waals surface area (Å²) in [5, 5.41) is 9.96. The zero-order chi connectivity index (χ0) is 13.0. The maximum absolute atomic E-state index is 9.96. The molecule has 1 nitrogen and oxygen atoms in total. The van der Waals surface area contributed by atoms with Crippen LogP contribution in [0.25, 0.3) is 0 Å². The van der Waals surface area contributed by atoms with Crippen molar-refractivity contribution >= 4 is 0 Å². The molecule has 1 heteroatoms. The average molecular weight is 246 g/mol. The highest BCUT2D eigenvalue weighted by Crippen LogP contribution is 2.28. The molecule has 0 aromatic heterocycles. The van der Waals surface area contributed by atoms with E-state index < -0.39 is 0 Å². The van der Waals surface area contributed by atoms with Crippen molar-refractivity contribution in [3.05, 3.63) is 35.4 Å². The first-order valence-electron chi connectivity index (χ1n) is 7.43. The number of aryl methyl sites for hydroxylation is 1. The molecule has 2 rings (SSSR count).